The molecule has 3 unspecified atom stereocenters. The number of nitrogens with two attached hydrogens (primary N) is 1. The van der Waals surface area contributed by atoms with Gasteiger partial charge in [-0.3, -0.25) is 0 Å². The topological polar surface area (TPSA) is 52.0 Å². The van der Waals surface area contributed by atoms with E-state index in [2.05, 4.69) is 25.8 Å². The number of fused-ring (bicyclic) bond motifs is 1. The third-order valence-corrected chi connectivity index (χ3v) is 5.17. The summed E-state index contributed by atoms with van der Waals surface area (Å²) >= 11 is 0. The van der Waals surface area contributed by atoms with E-state index in [4.69, 9.17) is 10.2 Å². The van der Waals surface area contributed by atoms with Crippen LogP contribution in [0.25, 0.3) is 11.1 Å². The average molecular weight is 276 g/mol. The Balaban J connectivity index is 2.01. The highest BCUT2D eigenvalue weighted by Crippen LogP contribution is 2.49. The number of halogens is 1. The van der Waals surface area contributed by atoms with Crippen LogP contribution in [0.15, 0.2) is 22.6 Å². The van der Waals surface area contributed by atoms with Crippen molar-refractivity contribution in [2.45, 2.75) is 45.6 Å². The normalized spacial score (nSPS) is 29.8. The molecule has 1 aliphatic carbocycles. The molecule has 3 rings (SSSR count). The number of oxazole rings is 1. The van der Waals surface area contributed by atoms with E-state index in [0.29, 0.717) is 22.9 Å². The zero-order valence-corrected chi connectivity index (χ0v) is 12.2. The molecule has 1 aromatic carbocycles. The summed E-state index contributed by atoms with van der Waals surface area (Å²) in [7, 11) is 0. The minimum Gasteiger partial charge on any atom is -0.440 e. The maximum absolute atomic E-state index is 13.3. The molecule has 3 atom stereocenters. The van der Waals surface area contributed by atoms with E-state index in [1.165, 1.54) is 12.1 Å². The third-order valence-electron chi connectivity index (χ3n) is 5.17. The lowest BCUT2D eigenvalue weighted by Gasteiger charge is -2.45. The molecule has 108 valence electrons. The molecule has 1 saturated carbocycles. The maximum Gasteiger partial charge on any atom is 0.199 e. The first-order valence-corrected chi connectivity index (χ1v) is 7.21. The van der Waals surface area contributed by atoms with E-state index in [1.807, 2.05) is 0 Å². The molecule has 0 bridgehead atoms. The first-order chi connectivity index (χ1) is 9.39. The Labute approximate surface area is 118 Å². The highest BCUT2D eigenvalue weighted by molar-refractivity contribution is 5.72. The zero-order valence-electron chi connectivity index (χ0n) is 12.2. The monoisotopic (exact) mass is 276 g/mol. The molecule has 20 heavy (non-hydrogen) atoms. The van der Waals surface area contributed by atoms with Gasteiger partial charge < -0.3 is 10.2 Å². The van der Waals surface area contributed by atoms with Crippen molar-refractivity contribution in [3.63, 3.8) is 0 Å². The van der Waals surface area contributed by atoms with Gasteiger partial charge in [-0.15, -0.1) is 0 Å². The van der Waals surface area contributed by atoms with E-state index < -0.39 is 0 Å². The van der Waals surface area contributed by atoms with Crippen LogP contribution < -0.4 is 5.73 Å². The second-order valence-electron chi connectivity index (χ2n) is 6.57. The first-order valence-electron chi connectivity index (χ1n) is 7.21. The summed E-state index contributed by atoms with van der Waals surface area (Å²) in [6.07, 6.45) is 1.94. The van der Waals surface area contributed by atoms with Crippen molar-refractivity contribution >= 4 is 11.1 Å². The van der Waals surface area contributed by atoms with Crippen molar-refractivity contribution in [2.75, 3.05) is 0 Å². The van der Waals surface area contributed by atoms with Crippen LogP contribution in [0.5, 0.6) is 0 Å². The Hall–Kier alpha value is -1.42. The van der Waals surface area contributed by atoms with Crippen LogP contribution in [0.4, 0.5) is 4.39 Å². The van der Waals surface area contributed by atoms with Gasteiger partial charge in [0.05, 0.1) is 0 Å². The number of hydrogen-bond donors (Lipinski definition) is 1. The van der Waals surface area contributed by atoms with Crippen LogP contribution in [0.2, 0.25) is 0 Å². The number of benzene rings is 1. The Morgan fingerprint density at radius 3 is 2.85 bits per heavy atom. The van der Waals surface area contributed by atoms with Crippen LogP contribution in [-0.2, 0) is 0 Å². The first kappa shape index (κ1) is 13.6. The molecular weight excluding hydrogens is 255 g/mol. The van der Waals surface area contributed by atoms with E-state index in [1.54, 1.807) is 6.07 Å². The van der Waals surface area contributed by atoms with E-state index >= 15 is 0 Å². The summed E-state index contributed by atoms with van der Waals surface area (Å²) in [6.45, 7) is 6.63. The van der Waals surface area contributed by atoms with Crippen LogP contribution >= 0.6 is 0 Å². The van der Waals surface area contributed by atoms with E-state index in [0.717, 1.165) is 12.8 Å². The molecule has 3 nitrogen and oxygen atoms in total. The molecule has 1 aromatic heterocycles. The summed E-state index contributed by atoms with van der Waals surface area (Å²) in [5.41, 5.74) is 7.46. The predicted molar refractivity (Wildman–Crippen MR) is 76.9 cm³/mol. The van der Waals surface area contributed by atoms with E-state index in [-0.39, 0.29) is 23.2 Å². The van der Waals surface area contributed by atoms with Crippen LogP contribution in [0, 0.1) is 17.2 Å². The molecule has 4 heteroatoms. The summed E-state index contributed by atoms with van der Waals surface area (Å²) in [5.74, 6) is 1.06. The lowest BCUT2D eigenvalue weighted by atomic mass is 9.61. The molecule has 1 aliphatic rings. The van der Waals surface area contributed by atoms with Gasteiger partial charge in [-0.25, -0.2) is 9.37 Å². The SMILES string of the molecule is CC1C(N)CCC(c2nc3cc(F)ccc3o2)C1(C)C. The summed E-state index contributed by atoms with van der Waals surface area (Å²) in [5, 5.41) is 0. The summed E-state index contributed by atoms with van der Waals surface area (Å²) in [4.78, 5) is 4.50. The van der Waals surface area contributed by atoms with Gasteiger partial charge in [0.15, 0.2) is 11.5 Å². The Morgan fingerprint density at radius 2 is 2.10 bits per heavy atom. The number of hydrogen-bond acceptors (Lipinski definition) is 3. The average Bonchev–Trinajstić information content (AvgIpc) is 2.78. The molecule has 0 saturated heterocycles. The highest BCUT2D eigenvalue weighted by Gasteiger charge is 2.44. The number of aromatic nitrogens is 1. The van der Waals surface area contributed by atoms with Crippen molar-refractivity contribution in [3.05, 3.63) is 29.9 Å². The Morgan fingerprint density at radius 1 is 1.35 bits per heavy atom. The van der Waals surface area contributed by atoms with Gasteiger partial charge in [0, 0.05) is 18.0 Å². The van der Waals surface area contributed by atoms with Gasteiger partial charge in [0.25, 0.3) is 0 Å². The summed E-state index contributed by atoms with van der Waals surface area (Å²) in [6, 6.07) is 4.70. The molecule has 1 heterocycles. The Kier molecular flexibility index (Phi) is 3.09. The van der Waals surface area contributed by atoms with E-state index in [9.17, 15) is 4.39 Å². The highest BCUT2D eigenvalue weighted by atomic mass is 19.1. The number of nitrogens with zero attached hydrogens (tertiary/aromatic N) is 1. The fourth-order valence-corrected chi connectivity index (χ4v) is 3.36. The Bertz CT molecular complexity index is 634. The standard InChI is InChI=1S/C16H21FN2O/c1-9-12(18)6-5-11(16(9,2)3)15-19-13-8-10(17)4-7-14(13)20-15/h4,7-9,11-12H,5-6,18H2,1-3H3. The second kappa shape index (κ2) is 4.55. The third kappa shape index (κ3) is 2.03. The minimum atomic E-state index is -0.282. The van der Waals surface area contributed by atoms with Gasteiger partial charge in [-0.1, -0.05) is 20.8 Å². The van der Waals surface area contributed by atoms with Gasteiger partial charge in [-0.05, 0) is 36.3 Å². The van der Waals surface area contributed by atoms with Gasteiger partial charge >= 0.3 is 0 Å². The quantitative estimate of drug-likeness (QED) is 0.861. The molecule has 0 radical (unpaired) electrons. The van der Waals surface area contributed by atoms with Crippen LogP contribution in [-0.4, -0.2) is 11.0 Å². The van der Waals surface area contributed by atoms with Crippen molar-refractivity contribution in [2.24, 2.45) is 17.1 Å². The maximum atomic E-state index is 13.3. The lowest BCUT2D eigenvalue weighted by Crippen LogP contribution is -2.45. The summed E-state index contributed by atoms with van der Waals surface area (Å²) < 4.78 is 19.1. The van der Waals surface area contributed by atoms with Gasteiger partial charge in [0.2, 0.25) is 0 Å². The largest absolute Gasteiger partial charge is 0.440 e. The molecule has 0 aliphatic heterocycles. The van der Waals surface area contributed by atoms with Gasteiger partial charge in [0.1, 0.15) is 11.3 Å². The minimum absolute atomic E-state index is 0.0249. The molecule has 0 amide bonds. The van der Waals surface area contributed by atoms with Crippen LogP contribution in [0.3, 0.4) is 0 Å². The van der Waals surface area contributed by atoms with Crippen LogP contribution in [0.1, 0.15) is 45.4 Å². The number of rotatable bonds is 1. The predicted octanol–water partition coefficient (Wildman–Crippen LogP) is 3.83. The van der Waals surface area contributed by atoms with Crippen molar-refractivity contribution in [1.82, 2.24) is 4.98 Å². The molecule has 2 N–H and O–H groups in total. The zero-order chi connectivity index (χ0) is 14.5. The molecule has 0 spiro atoms. The van der Waals surface area contributed by atoms with Crippen molar-refractivity contribution in [3.8, 4) is 0 Å². The fraction of sp³-hybridized carbons (Fsp3) is 0.562. The van der Waals surface area contributed by atoms with Gasteiger partial charge in [-0.2, -0.15) is 0 Å². The van der Waals surface area contributed by atoms with Crippen molar-refractivity contribution < 1.29 is 8.81 Å². The molecular formula is C16H21FN2O. The second-order valence-corrected chi connectivity index (χ2v) is 6.57. The van der Waals surface area contributed by atoms with Crippen molar-refractivity contribution in [1.29, 1.82) is 0 Å². The lowest BCUT2D eigenvalue weighted by molar-refractivity contribution is 0.0855. The molecule has 2 aromatic rings. The molecule has 1 fully saturated rings. The fourth-order valence-electron chi connectivity index (χ4n) is 3.36. The smallest absolute Gasteiger partial charge is 0.199 e.